The van der Waals surface area contributed by atoms with E-state index < -0.39 is 0 Å². The SMILES string of the molecule is CC1(C)CC(Oc2ccc(-c3ccc(-n4cccn4)c4[nH]ncc34)nn2)CC(C)(C)N1. The van der Waals surface area contributed by atoms with Crippen molar-refractivity contribution in [2.45, 2.75) is 57.7 Å². The molecule has 5 rings (SSSR count). The van der Waals surface area contributed by atoms with Crippen LogP contribution in [0.15, 0.2) is 48.9 Å². The molecule has 0 saturated carbocycles. The molecule has 8 nitrogen and oxygen atoms in total. The highest BCUT2D eigenvalue weighted by Gasteiger charge is 2.38. The van der Waals surface area contributed by atoms with E-state index in [2.05, 4.69) is 58.5 Å². The molecule has 1 aliphatic rings. The van der Waals surface area contributed by atoms with E-state index in [1.165, 1.54) is 0 Å². The first-order valence-electron chi connectivity index (χ1n) is 10.6. The second kappa shape index (κ2) is 7.16. The fourth-order valence-electron chi connectivity index (χ4n) is 4.86. The van der Waals surface area contributed by atoms with Gasteiger partial charge in [0, 0.05) is 53.3 Å². The van der Waals surface area contributed by atoms with Gasteiger partial charge in [0.25, 0.3) is 0 Å². The van der Waals surface area contributed by atoms with Crippen LogP contribution in [0.5, 0.6) is 5.88 Å². The number of nitrogens with zero attached hydrogens (tertiary/aromatic N) is 5. The number of benzene rings is 1. The summed E-state index contributed by atoms with van der Waals surface area (Å²) >= 11 is 0. The molecule has 4 heterocycles. The largest absolute Gasteiger partial charge is 0.473 e. The Kier molecular flexibility index (Phi) is 4.55. The van der Waals surface area contributed by atoms with E-state index in [1.807, 2.05) is 47.4 Å². The van der Waals surface area contributed by atoms with Gasteiger partial charge in [-0.1, -0.05) is 0 Å². The lowest BCUT2D eigenvalue weighted by atomic mass is 9.81. The van der Waals surface area contributed by atoms with Gasteiger partial charge in [0.15, 0.2) is 0 Å². The molecule has 0 spiro atoms. The summed E-state index contributed by atoms with van der Waals surface area (Å²) in [4.78, 5) is 0. The zero-order chi connectivity index (χ0) is 21.6. The Morgan fingerprint density at radius 1 is 1.03 bits per heavy atom. The molecule has 0 amide bonds. The maximum Gasteiger partial charge on any atom is 0.233 e. The summed E-state index contributed by atoms with van der Waals surface area (Å²) in [5.41, 5.74) is 3.61. The van der Waals surface area contributed by atoms with Gasteiger partial charge in [0.1, 0.15) is 6.10 Å². The van der Waals surface area contributed by atoms with Crippen molar-refractivity contribution in [3.8, 4) is 22.8 Å². The zero-order valence-electron chi connectivity index (χ0n) is 18.3. The number of nitrogens with one attached hydrogen (secondary N) is 2. The predicted octanol–water partition coefficient (Wildman–Crippen LogP) is 3.89. The first kappa shape index (κ1) is 19.7. The fraction of sp³-hybridized carbons (Fsp3) is 0.391. The van der Waals surface area contributed by atoms with E-state index in [0.29, 0.717) is 5.88 Å². The number of H-pyrrole nitrogens is 1. The lowest BCUT2D eigenvalue weighted by molar-refractivity contribution is 0.0524. The normalized spacial score (nSPS) is 18.3. The smallest absolute Gasteiger partial charge is 0.233 e. The molecule has 2 N–H and O–H groups in total. The van der Waals surface area contributed by atoms with Gasteiger partial charge in [-0.3, -0.25) is 5.10 Å². The summed E-state index contributed by atoms with van der Waals surface area (Å²) < 4.78 is 8.03. The molecule has 0 bridgehead atoms. The van der Waals surface area contributed by atoms with Gasteiger partial charge in [-0.25, -0.2) is 4.68 Å². The monoisotopic (exact) mass is 417 g/mol. The van der Waals surface area contributed by atoms with Crippen LogP contribution in [-0.4, -0.2) is 47.4 Å². The van der Waals surface area contributed by atoms with Crippen LogP contribution in [0.1, 0.15) is 40.5 Å². The third-order valence-corrected chi connectivity index (χ3v) is 5.70. The first-order valence-corrected chi connectivity index (χ1v) is 10.6. The van der Waals surface area contributed by atoms with Crippen molar-refractivity contribution >= 4 is 10.9 Å². The summed E-state index contributed by atoms with van der Waals surface area (Å²) in [5.74, 6) is 0.554. The molecule has 4 aromatic rings. The van der Waals surface area contributed by atoms with Crippen LogP contribution in [0.25, 0.3) is 27.8 Å². The number of rotatable bonds is 4. The summed E-state index contributed by atoms with van der Waals surface area (Å²) in [7, 11) is 0. The fourth-order valence-corrected chi connectivity index (χ4v) is 4.86. The number of ether oxygens (including phenoxy) is 1. The molecule has 0 unspecified atom stereocenters. The Morgan fingerprint density at radius 3 is 2.52 bits per heavy atom. The molecular weight excluding hydrogens is 390 g/mol. The number of aromatic amines is 1. The molecule has 31 heavy (non-hydrogen) atoms. The quantitative estimate of drug-likeness (QED) is 0.523. The van der Waals surface area contributed by atoms with Crippen molar-refractivity contribution in [2.24, 2.45) is 0 Å². The van der Waals surface area contributed by atoms with Gasteiger partial charge in [-0.15, -0.1) is 10.2 Å². The van der Waals surface area contributed by atoms with Crippen molar-refractivity contribution in [3.05, 3.63) is 48.9 Å². The number of fused-ring (bicyclic) bond motifs is 1. The van der Waals surface area contributed by atoms with E-state index in [0.717, 1.165) is 40.7 Å². The second-order valence-corrected chi connectivity index (χ2v) is 9.54. The van der Waals surface area contributed by atoms with Gasteiger partial charge in [0.05, 0.1) is 23.1 Å². The Balaban J connectivity index is 1.40. The van der Waals surface area contributed by atoms with E-state index >= 15 is 0 Å². The van der Waals surface area contributed by atoms with Crippen molar-refractivity contribution in [1.29, 1.82) is 0 Å². The highest BCUT2D eigenvalue weighted by molar-refractivity contribution is 5.97. The molecule has 8 heteroatoms. The first-order chi connectivity index (χ1) is 14.8. The van der Waals surface area contributed by atoms with Gasteiger partial charge in [-0.05, 0) is 52.0 Å². The van der Waals surface area contributed by atoms with Crippen molar-refractivity contribution < 1.29 is 4.74 Å². The van der Waals surface area contributed by atoms with Crippen LogP contribution >= 0.6 is 0 Å². The minimum Gasteiger partial charge on any atom is -0.473 e. The van der Waals surface area contributed by atoms with Gasteiger partial charge in [-0.2, -0.15) is 10.2 Å². The molecule has 3 aromatic heterocycles. The molecule has 160 valence electrons. The Morgan fingerprint density at radius 2 is 1.84 bits per heavy atom. The Bertz CT molecular complexity index is 1180. The van der Waals surface area contributed by atoms with Gasteiger partial charge >= 0.3 is 0 Å². The topological polar surface area (TPSA) is 93.5 Å². The summed E-state index contributed by atoms with van der Waals surface area (Å²) in [6.45, 7) is 8.84. The average Bonchev–Trinajstić information content (AvgIpc) is 3.38. The molecule has 1 saturated heterocycles. The molecule has 1 aliphatic heterocycles. The minimum atomic E-state index is 0.0169. The van der Waals surface area contributed by atoms with Gasteiger partial charge < -0.3 is 10.1 Å². The van der Waals surface area contributed by atoms with Crippen LogP contribution in [0, 0.1) is 0 Å². The van der Waals surface area contributed by atoms with Crippen LogP contribution in [0.2, 0.25) is 0 Å². The highest BCUT2D eigenvalue weighted by Crippen LogP contribution is 2.32. The molecule has 0 atom stereocenters. The van der Waals surface area contributed by atoms with E-state index in [9.17, 15) is 0 Å². The third-order valence-electron chi connectivity index (χ3n) is 5.70. The molecule has 0 aliphatic carbocycles. The zero-order valence-corrected chi connectivity index (χ0v) is 18.3. The number of hydrogen-bond donors (Lipinski definition) is 2. The maximum absolute atomic E-state index is 6.21. The van der Waals surface area contributed by atoms with Crippen molar-refractivity contribution in [2.75, 3.05) is 0 Å². The van der Waals surface area contributed by atoms with Crippen LogP contribution in [0.3, 0.4) is 0 Å². The molecular formula is C23H27N7O. The average molecular weight is 418 g/mol. The summed E-state index contributed by atoms with van der Waals surface area (Å²) in [6, 6.07) is 9.78. The predicted molar refractivity (Wildman–Crippen MR) is 119 cm³/mol. The van der Waals surface area contributed by atoms with Gasteiger partial charge in [0.2, 0.25) is 5.88 Å². The lowest BCUT2D eigenvalue weighted by Crippen LogP contribution is -2.60. The molecule has 1 fully saturated rings. The Labute approximate surface area is 181 Å². The molecule has 1 aromatic carbocycles. The van der Waals surface area contributed by atoms with E-state index in [-0.39, 0.29) is 17.2 Å². The van der Waals surface area contributed by atoms with Crippen molar-refractivity contribution in [3.63, 3.8) is 0 Å². The molecule has 0 radical (unpaired) electrons. The summed E-state index contributed by atoms with van der Waals surface area (Å²) in [6.07, 6.45) is 7.41. The van der Waals surface area contributed by atoms with E-state index in [4.69, 9.17) is 4.74 Å². The summed E-state index contributed by atoms with van der Waals surface area (Å²) in [5, 5.41) is 25.1. The Hall–Kier alpha value is -3.26. The van der Waals surface area contributed by atoms with Crippen molar-refractivity contribution in [1.82, 2.24) is 35.5 Å². The van der Waals surface area contributed by atoms with Crippen LogP contribution in [0.4, 0.5) is 0 Å². The number of piperidine rings is 1. The lowest BCUT2D eigenvalue weighted by Gasteiger charge is -2.46. The minimum absolute atomic E-state index is 0.0169. The number of hydrogen-bond acceptors (Lipinski definition) is 6. The van der Waals surface area contributed by atoms with Crippen LogP contribution < -0.4 is 10.1 Å². The number of aromatic nitrogens is 6. The standard InChI is InChI=1S/C23H27N7O/c1-22(2)12-15(13-23(3,4)29-22)31-20-9-7-18(26-27-20)16-6-8-19(30-11-5-10-25-30)21-17(16)14-24-28-21/h5-11,14-15,29H,12-13H2,1-4H3,(H,24,28). The highest BCUT2D eigenvalue weighted by atomic mass is 16.5. The third kappa shape index (κ3) is 3.90. The maximum atomic E-state index is 6.21. The second-order valence-electron chi connectivity index (χ2n) is 9.54. The van der Waals surface area contributed by atoms with E-state index in [1.54, 1.807) is 6.20 Å². The van der Waals surface area contributed by atoms with Crippen LogP contribution in [-0.2, 0) is 0 Å².